The summed E-state index contributed by atoms with van der Waals surface area (Å²) < 4.78 is 78.3. The lowest BCUT2D eigenvalue weighted by Crippen LogP contribution is -2.02. The number of rotatable bonds is 20. The van der Waals surface area contributed by atoms with E-state index >= 15 is 0 Å². The summed E-state index contributed by atoms with van der Waals surface area (Å²) >= 11 is 0. The Labute approximate surface area is 242 Å². The van der Waals surface area contributed by atoms with Crippen molar-refractivity contribution in [1.82, 2.24) is 0 Å². The highest BCUT2D eigenvalue weighted by molar-refractivity contribution is 5.81. The van der Waals surface area contributed by atoms with Crippen molar-refractivity contribution in [3.63, 3.8) is 0 Å². The number of esters is 2. The molecule has 0 spiro atoms. The molecule has 0 heterocycles. The number of carbonyl (C=O) groups is 2. The van der Waals surface area contributed by atoms with E-state index < -0.39 is 46.6 Å². The number of hydrogen-bond donors (Lipinski definition) is 0. The molecule has 42 heavy (non-hydrogen) atoms. The molecular weight excluding hydrogens is 560 g/mol. The number of nitrogens with zero attached hydrogens (tertiary/aromatic N) is 2. The molecule has 0 saturated carbocycles. The maximum atomic E-state index is 14.5. The Morgan fingerprint density at radius 1 is 0.571 bits per heavy atom. The van der Waals surface area contributed by atoms with Gasteiger partial charge in [-0.15, -0.1) is 10.2 Å². The van der Waals surface area contributed by atoms with Crippen LogP contribution in [0, 0.1) is 23.3 Å². The highest BCUT2D eigenvalue weighted by Crippen LogP contribution is 2.32. The van der Waals surface area contributed by atoms with Gasteiger partial charge in [-0.1, -0.05) is 13.2 Å². The van der Waals surface area contributed by atoms with E-state index in [-0.39, 0.29) is 37.9 Å². The van der Waals surface area contributed by atoms with Crippen molar-refractivity contribution < 1.29 is 46.1 Å². The third-order valence-corrected chi connectivity index (χ3v) is 5.67. The molecular formula is C30H34F4N2O6. The molecule has 2 aromatic carbocycles. The maximum absolute atomic E-state index is 14.5. The number of hydrogen-bond acceptors (Lipinski definition) is 8. The third kappa shape index (κ3) is 12.5. The second kappa shape index (κ2) is 19.0. The summed E-state index contributed by atoms with van der Waals surface area (Å²) in [6, 6.07) is 3.63. The first-order valence-corrected chi connectivity index (χ1v) is 13.5. The van der Waals surface area contributed by atoms with Gasteiger partial charge in [-0.25, -0.2) is 27.2 Å². The van der Waals surface area contributed by atoms with Crippen LogP contribution in [0.1, 0.15) is 51.4 Å². The van der Waals surface area contributed by atoms with E-state index in [1.165, 1.54) is 0 Å². The quantitative estimate of drug-likeness (QED) is 0.0507. The molecule has 0 amide bonds. The van der Waals surface area contributed by atoms with Crippen LogP contribution in [0.15, 0.2) is 59.8 Å². The van der Waals surface area contributed by atoms with Crippen LogP contribution in [0.25, 0.3) is 0 Å². The van der Waals surface area contributed by atoms with Crippen LogP contribution in [-0.2, 0) is 19.1 Å². The van der Waals surface area contributed by atoms with Crippen molar-refractivity contribution in [3.8, 4) is 11.5 Å². The summed E-state index contributed by atoms with van der Waals surface area (Å²) in [6.45, 7) is 7.57. The molecule has 0 N–H and O–H groups in total. The second-order valence-electron chi connectivity index (χ2n) is 8.94. The van der Waals surface area contributed by atoms with Crippen LogP contribution >= 0.6 is 0 Å². The van der Waals surface area contributed by atoms with Crippen molar-refractivity contribution in [3.05, 3.63) is 72.8 Å². The van der Waals surface area contributed by atoms with E-state index in [1.54, 1.807) is 0 Å². The number of benzene rings is 2. The summed E-state index contributed by atoms with van der Waals surface area (Å²) in [7, 11) is 0. The van der Waals surface area contributed by atoms with Gasteiger partial charge < -0.3 is 18.9 Å². The van der Waals surface area contributed by atoms with Crippen molar-refractivity contribution >= 4 is 23.3 Å². The first kappa shape index (κ1) is 34.0. The van der Waals surface area contributed by atoms with Crippen LogP contribution in [0.2, 0.25) is 0 Å². The van der Waals surface area contributed by atoms with Gasteiger partial charge in [-0.2, -0.15) is 0 Å². The summed E-state index contributed by atoms with van der Waals surface area (Å²) in [6.07, 6.45) is 7.76. The van der Waals surface area contributed by atoms with Crippen LogP contribution < -0.4 is 9.47 Å². The van der Waals surface area contributed by atoms with Crippen molar-refractivity contribution in [1.29, 1.82) is 0 Å². The minimum absolute atomic E-state index is 0.0705. The van der Waals surface area contributed by atoms with Gasteiger partial charge in [-0.3, -0.25) is 0 Å². The molecule has 0 aliphatic carbocycles. The fourth-order valence-electron chi connectivity index (χ4n) is 3.50. The molecule has 0 atom stereocenters. The second-order valence-corrected chi connectivity index (χ2v) is 8.94. The van der Waals surface area contributed by atoms with Crippen molar-refractivity contribution in [2.24, 2.45) is 10.2 Å². The van der Waals surface area contributed by atoms with Crippen molar-refractivity contribution in [2.45, 2.75) is 51.4 Å². The Morgan fingerprint density at radius 2 is 0.881 bits per heavy atom. The fourth-order valence-corrected chi connectivity index (χ4v) is 3.50. The monoisotopic (exact) mass is 594 g/mol. The third-order valence-electron chi connectivity index (χ3n) is 5.67. The van der Waals surface area contributed by atoms with Crippen LogP contribution in [0.3, 0.4) is 0 Å². The van der Waals surface area contributed by atoms with E-state index in [4.69, 9.17) is 18.9 Å². The van der Waals surface area contributed by atoms with Gasteiger partial charge in [-0.05, 0) is 51.4 Å². The normalized spacial score (nSPS) is 10.9. The molecule has 0 unspecified atom stereocenters. The predicted molar refractivity (Wildman–Crippen MR) is 147 cm³/mol. The van der Waals surface area contributed by atoms with E-state index in [0.29, 0.717) is 25.7 Å². The summed E-state index contributed by atoms with van der Waals surface area (Å²) in [5.74, 6) is -5.56. The molecule has 0 aliphatic rings. The zero-order valence-corrected chi connectivity index (χ0v) is 23.2. The first-order chi connectivity index (χ1) is 20.2. The zero-order chi connectivity index (χ0) is 30.7. The average Bonchev–Trinajstić information content (AvgIpc) is 2.96. The van der Waals surface area contributed by atoms with Crippen LogP contribution in [0.4, 0.5) is 28.9 Å². The number of unbranched alkanes of at least 4 members (excludes halogenated alkanes) is 6. The van der Waals surface area contributed by atoms with Gasteiger partial charge in [0, 0.05) is 36.4 Å². The number of ether oxygens (including phenoxy) is 4. The van der Waals surface area contributed by atoms with Gasteiger partial charge in [0.2, 0.25) is 0 Å². The molecule has 2 rings (SSSR count). The van der Waals surface area contributed by atoms with Crippen molar-refractivity contribution in [2.75, 3.05) is 26.4 Å². The number of azo groups is 1. The Morgan fingerprint density at radius 3 is 1.19 bits per heavy atom. The lowest BCUT2D eigenvalue weighted by molar-refractivity contribution is -0.138. The molecule has 228 valence electrons. The lowest BCUT2D eigenvalue weighted by Gasteiger charge is -2.09. The lowest BCUT2D eigenvalue weighted by atomic mass is 10.2. The molecule has 0 aliphatic heterocycles. The molecule has 0 radical (unpaired) electrons. The molecule has 0 aromatic heterocycles. The van der Waals surface area contributed by atoms with Gasteiger partial charge >= 0.3 is 11.9 Å². The molecule has 0 fully saturated rings. The van der Waals surface area contributed by atoms with E-state index in [2.05, 4.69) is 23.4 Å². The average molecular weight is 595 g/mol. The predicted octanol–water partition coefficient (Wildman–Crippen LogP) is 8.00. The summed E-state index contributed by atoms with van der Waals surface area (Å²) in [5, 5.41) is 6.74. The summed E-state index contributed by atoms with van der Waals surface area (Å²) in [4.78, 5) is 21.9. The minimum Gasteiger partial charge on any atom is -0.493 e. The number of halogens is 4. The Balaban J connectivity index is 1.80. The van der Waals surface area contributed by atoms with Gasteiger partial charge in [0.15, 0.2) is 34.6 Å². The fraction of sp³-hybridized carbons (Fsp3) is 0.400. The Bertz CT molecular complexity index is 1100. The minimum atomic E-state index is -1.11. The largest absolute Gasteiger partial charge is 0.493 e. The van der Waals surface area contributed by atoms with Gasteiger partial charge in [0.25, 0.3) is 0 Å². The standard InChI is InChI=1S/C30H34F4N2O6/c1-3-27(37)41-15-11-7-5-9-13-39-21-17-23(31)29(24(32)18-21)35-36-30-25(33)19-22(20-26(30)34)40-14-10-6-8-12-16-42-28(38)4-2/h3-4,17-20H,1-2,5-16H2. The molecule has 2 aromatic rings. The highest BCUT2D eigenvalue weighted by Gasteiger charge is 2.15. The molecule has 12 heteroatoms. The topological polar surface area (TPSA) is 95.8 Å². The van der Waals surface area contributed by atoms with E-state index in [1.807, 2.05) is 0 Å². The number of carbonyl (C=O) groups excluding carboxylic acids is 2. The van der Waals surface area contributed by atoms with Crippen LogP contribution in [0.5, 0.6) is 11.5 Å². The first-order valence-electron chi connectivity index (χ1n) is 13.5. The zero-order valence-electron chi connectivity index (χ0n) is 23.2. The highest BCUT2D eigenvalue weighted by atomic mass is 19.1. The Hall–Kier alpha value is -4.22. The van der Waals surface area contributed by atoms with Gasteiger partial charge in [0.05, 0.1) is 26.4 Å². The van der Waals surface area contributed by atoms with E-state index in [9.17, 15) is 27.2 Å². The Kier molecular flexibility index (Phi) is 15.4. The van der Waals surface area contributed by atoms with E-state index in [0.717, 1.165) is 62.1 Å². The van der Waals surface area contributed by atoms with Crippen LogP contribution in [-0.4, -0.2) is 38.4 Å². The van der Waals surface area contributed by atoms with Gasteiger partial charge in [0.1, 0.15) is 11.5 Å². The molecule has 8 nitrogen and oxygen atoms in total. The smallest absolute Gasteiger partial charge is 0.330 e. The maximum Gasteiger partial charge on any atom is 0.330 e. The SMILES string of the molecule is C=CC(=O)OCCCCCCOc1cc(F)c(N=Nc2c(F)cc(OCCCCCCOC(=O)C=C)cc2F)c(F)c1. The molecule has 0 bridgehead atoms. The summed E-state index contributed by atoms with van der Waals surface area (Å²) in [5.41, 5.74) is -1.65. The molecule has 0 saturated heterocycles.